The number of rotatable bonds is 6. The van der Waals surface area contributed by atoms with Crippen LogP contribution in [0.25, 0.3) is 11.0 Å². The monoisotopic (exact) mass is 296 g/mol. The third kappa shape index (κ3) is 2.66. The Morgan fingerprint density at radius 3 is 2.50 bits per heavy atom. The molecule has 1 N–H and O–H groups in total. The van der Waals surface area contributed by atoms with Crippen LogP contribution in [0.5, 0.6) is 11.5 Å². The molecule has 0 aliphatic carbocycles. The number of imidazole rings is 1. The SMILES string of the molecule is CCOCC(C)n1c(=S)[nH]c2cc(OC)c(OC)cc21. The highest BCUT2D eigenvalue weighted by molar-refractivity contribution is 7.71. The summed E-state index contributed by atoms with van der Waals surface area (Å²) in [5.74, 6) is 1.37. The molecule has 110 valence electrons. The second kappa shape index (κ2) is 6.28. The number of nitrogens with one attached hydrogen (secondary N) is 1. The predicted molar refractivity (Wildman–Crippen MR) is 81.4 cm³/mol. The minimum Gasteiger partial charge on any atom is -0.493 e. The molecule has 1 aromatic carbocycles. The summed E-state index contributed by atoms with van der Waals surface area (Å²) in [4.78, 5) is 3.20. The molecule has 0 aliphatic rings. The Kier molecular flexibility index (Phi) is 4.67. The molecular weight excluding hydrogens is 276 g/mol. The smallest absolute Gasteiger partial charge is 0.178 e. The van der Waals surface area contributed by atoms with Crippen molar-refractivity contribution < 1.29 is 14.2 Å². The van der Waals surface area contributed by atoms with Gasteiger partial charge in [-0.25, -0.2) is 0 Å². The summed E-state index contributed by atoms with van der Waals surface area (Å²) in [5, 5.41) is 0. The van der Waals surface area contributed by atoms with Crippen molar-refractivity contribution in [1.82, 2.24) is 9.55 Å². The van der Waals surface area contributed by atoms with E-state index in [1.54, 1.807) is 14.2 Å². The van der Waals surface area contributed by atoms with Crippen LogP contribution in [0.2, 0.25) is 0 Å². The Bertz CT molecular complexity index is 648. The van der Waals surface area contributed by atoms with Crippen LogP contribution in [0.15, 0.2) is 12.1 Å². The Hall–Kier alpha value is -1.53. The van der Waals surface area contributed by atoms with Gasteiger partial charge in [0.25, 0.3) is 0 Å². The summed E-state index contributed by atoms with van der Waals surface area (Å²) in [6.07, 6.45) is 0. The molecule has 20 heavy (non-hydrogen) atoms. The van der Waals surface area contributed by atoms with Gasteiger partial charge in [0.15, 0.2) is 16.3 Å². The summed E-state index contributed by atoms with van der Waals surface area (Å²) in [7, 11) is 3.24. The fraction of sp³-hybridized carbons (Fsp3) is 0.500. The molecule has 5 nitrogen and oxygen atoms in total. The van der Waals surface area contributed by atoms with Crippen LogP contribution >= 0.6 is 12.2 Å². The van der Waals surface area contributed by atoms with Gasteiger partial charge in [0.1, 0.15) is 0 Å². The molecule has 0 amide bonds. The average Bonchev–Trinajstić information content (AvgIpc) is 2.77. The fourth-order valence-electron chi connectivity index (χ4n) is 2.25. The van der Waals surface area contributed by atoms with Gasteiger partial charge in [-0.3, -0.25) is 0 Å². The molecule has 0 fully saturated rings. The normalized spacial score (nSPS) is 12.6. The second-order valence-corrected chi connectivity index (χ2v) is 4.92. The van der Waals surface area contributed by atoms with Gasteiger partial charge in [-0.05, 0) is 26.1 Å². The Morgan fingerprint density at radius 2 is 1.90 bits per heavy atom. The zero-order valence-corrected chi connectivity index (χ0v) is 13.0. The van der Waals surface area contributed by atoms with Gasteiger partial charge in [-0.1, -0.05) is 0 Å². The molecule has 1 aromatic heterocycles. The molecule has 1 unspecified atom stereocenters. The van der Waals surface area contributed by atoms with Crippen LogP contribution in [0.4, 0.5) is 0 Å². The number of ether oxygens (including phenoxy) is 3. The number of aromatic amines is 1. The van der Waals surface area contributed by atoms with E-state index in [1.807, 2.05) is 23.6 Å². The number of methoxy groups -OCH3 is 2. The van der Waals surface area contributed by atoms with Gasteiger partial charge in [-0.2, -0.15) is 0 Å². The summed E-state index contributed by atoms with van der Waals surface area (Å²) in [6, 6.07) is 3.98. The molecular formula is C14H20N2O3S. The molecule has 1 atom stereocenters. The second-order valence-electron chi connectivity index (χ2n) is 4.53. The number of hydrogen-bond acceptors (Lipinski definition) is 4. The van der Waals surface area contributed by atoms with E-state index < -0.39 is 0 Å². The van der Waals surface area contributed by atoms with E-state index in [2.05, 4.69) is 11.9 Å². The van der Waals surface area contributed by atoms with Crippen molar-refractivity contribution in [3.8, 4) is 11.5 Å². The predicted octanol–water partition coefficient (Wildman–Crippen LogP) is 3.31. The van der Waals surface area contributed by atoms with Crippen LogP contribution in [0, 0.1) is 4.77 Å². The van der Waals surface area contributed by atoms with Crippen molar-refractivity contribution in [2.24, 2.45) is 0 Å². The third-order valence-electron chi connectivity index (χ3n) is 3.23. The van der Waals surface area contributed by atoms with Crippen molar-refractivity contribution in [3.05, 3.63) is 16.9 Å². The van der Waals surface area contributed by atoms with Gasteiger partial charge in [0.2, 0.25) is 0 Å². The largest absolute Gasteiger partial charge is 0.493 e. The van der Waals surface area contributed by atoms with Crippen molar-refractivity contribution >= 4 is 23.3 Å². The topological polar surface area (TPSA) is 48.4 Å². The lowest BCUT2D eigenvalue weighted by molar-refractivity contribution is 0.119. The van der Waals surface area contributed by atoms with Gasteiger partial charge in [0.05, 0.1) is 37.9 Å². The van der Waals surface area contributed by atoms with Crippen molar-refractivity contribution in [3.63, 3.8) is 0 Å². The van der Waals surface area contributed by atoms with Gasteiger partial charge < -0.3 is 23.8 Å². The number of benzene rings is 1. The summed E-state index contributed by atoms with van der Waals surface area (Å²) < 4.78 is 18.9. The number of fused-ring (bicyclic) bond motifs is 1. The third-order valence-corrected chi connectivity index (χ3v) is 3.52. The van der Waals surface area contributed by atoms with E-state index in [9.17, 15) is 0 Å². The quantitative estimate of drug-likeness (QED) is 0.831. The van der Waals surface area contributed by atoms with Crippen LogP contribution in [0.1, 0.15) is 19.9 Å². The van der Waals surface area contributed by atoms with Crippen molar-refractivity contribution in [1.29, 1.82) is 0 Å². The van der Waals surface area contributed by atoms with E-state index in [0.717, 1.165) is 11.0 Å². The summed E-state index contributed by atoms with van der Waals surface area (Å²) >= 11 is 5.41. The van der Waals surface area contributed by atoms with Crippen molar-refractivity contribution in [2.45, 2.75) is 19.9 Å². The highest BCUT2D eigenvalue weighted by Gasteiger charge is 2.15. The number of aromatic nitrogens is 2. The molecule has 0 bridgehead atoms. The van der Waals surface area contributed by atoms with E-state index in [-0.39, 0.29) is 6.04 Å². The lowest BCUT2D eigenvalue weighted by atomic mass is 10.2. The Morgan fingerprint density at radius 1 is 1.25 bits per heavy atom. The van der Waals surface area contributed by atoms with Gasteiger partial charge >= 0.3 is 0 Å². The summed E-state index contributed by atoms with van der Waals surface area (Å²) in [5.41, 5.74) is 1.91. The molecule has 0 radical (unpaired) electrons. The Labute approximate surface area is 123 Å². The zero-order valence-electron chi connectivity index (χ0n) is 12.2. The van der Waals surface area contributed by atoms with Gasteiger partial charge in [-0.15, -0.1) is 0 Å². The minimum absolute atomic E-state index is 0.148. The lowest BCUT2D eigenvalue weighted by Crippen LogP contribution is -2.12. The highest BCUT2D eigenvalue weighted by Crippen LogP contribution is 2.33. The van der Waals surface area contributed by atoms with Crippen LogP contribution < -0.4 is 9.47 Å². The first-order valence-electron chi connectivity index (χ1n) is 6.56. The first-order valence-corrected chi connectivity index (χ1v) is 6.97. The molecule has 0 spiro atoms. The fourth-order valence-corrected chi connectivity index (χ4v) is 2.64. The molecule has 2 rings (SSSR count). The highest BCUT2D eigenvalue weighted by atomic mass is 32.1. The molecule has 0 saturated heterocycles. The zero-order chi connectivity index (χ0) is 14.7. The molecule has 2 aromatic rings. The van der Waals surface area contributed by atoms with Crippen LogP contribution in [-0.4, -0.2) is 37.0 Å². The van der Waals surface area contributed by atoms with E-state index >= 15 is 0 Å². The first kappa shape index (κ1) is 14.9. The van der Waals surface area contributed by atoms with Crippen LogP contribution in [0.3, 0.4) is 0 Å². The maximum atomic E-state index is 5.49. The summed E-state index contributed by atoms with van der Waals surface area (Å²) in [6.45, 7) is 5.37. The lowest BCUT2D eigenvalue weighted by Gasteiger charge is -2.15. The maximum absolute atomic E-state index is 5.49. The number of H-pyrrole nitrogens is 1. The van der Waals surface area contributed by atoms with Crippen LogP contribution in [-0.2, 0) is 4.74 Å². The van der Waals surface area contributed by atoms with Crippen molar-refractivity contribution in [2.75, 3.05) is 27.4 Å². The molecule has 0 saturated carbocycles. The van der Waals surface area contributed by atoms with Gasteiger partial charge in [0, 0.05) is 18.7 Å². The van der Waals surface area contributed by atoms with E-state index in [1.165, 1.54) is 0 Å². The van der Waals surface area contributed by atoms with E-state index in [0.29, 0.717) is 29.5 Å². The standard InChI is InChI=1S/C14H20N2O3S/c1-5-19-8-9(2)16-11-7-13(18-4)12(17-3)6-10(11)15-14(16)20/h6-7,9H,5,8H2,1-4H3,(H,15,20). The number of nitrogens with zero attached hydrogens (tertiary/aromatic N) is 1. The molecule has 1 heterocycles. The number of hydrogen-bond donors (Lipinski definition) is 1. The first-order chi connectivity index (χ1) is 9.62. The molecule has 0 aliphatic heterocycles. The van der Waals surface area contributed by atoms with E-state index in [4.69, 9.17) is 26.4 Å². The minimum atomic E-state index is 0.148. The molecule has 6 heteroatoms. The Balaban J connectivity index is 2.54. The average molecular weight is 296 g/mol. The maximum Gasteiger partial charge on any atom is 0.178 e.